The van der Waals surface area contributed by atoms with Crippen LogP contribution in [0.3, 0.4) is 0 Å². The van der Waals surface area contributed by atoms with Crippen LogP contribution in [-0.4, -0.2) is 27.4 Å². The monoisotopic (exact) mass is 306 g/mol. The van der Waals surface area contributed by atoms with Crippen LogP contribution in [0.25, 0.3) is 10.8 Å². The van der Waals surface area contributed by atoms with Crippen molar-refractivity contribution in [2.45, 2.75) is 18.2 Å². The first-order chi connectivity index (χ1) is 9.99. The molecule has 2 aromatic carbocycles. The first-order valence-electron chi connectivity index (χ1n) is 6.72. The summed E-state index contributed by atoms with van der Waals surface area (Å²) in [5.41, 5.74) is 0. The highest BCUT2D eigenvalue weighted by Crippen LogP contribution is 2.18. The van der Waals surface area contributed by atoms with Gasteiger partial charge in [0.05, 0.1) is 4.90 Å². The van der Waals surface area contributed by atoms with Gasteiger partial charge in [-0.15, -0.1) is 0 Å². The molecule has 0 aliphatic heterocycles. The second-order valence-corrected chi connectivity index (χ2v) is 6.51. The highest BCUT2D eigenvalue weighted by Gasteiger charge is 2.13. The Kier molecular flexibility index (Phi) is 4.93. The van der Waals surface area contributed by atoms with Crippen LogP contribution in [0, 0.1) is 0 Å². The molecule has 0 aliphatic carbocycles. The number of carbonyl (C=O) groups excluding carboxylic acids is 1. The van der Waals surface area contributed by atoms with Gasteiger partial charge in [-0.2, -0.15) is 0 Å². The van der Waals surface area contributed by atoms with Crippen LogP contribution in [0.1, 0.15) is 13.3 Å². The maximum absolute atomic E-state index is 12.2. The van der Waals surface area contributed by atoms with E-state index in [9.17, 15) is 13.2 Å². The van der Waals surface area contributed by atoms with Gasteiger partial charge < -0.3 is 5.32 Å². The Hall–Kier alpha value is -1.92. The van der Waals surface area contributed by atoms with Crippen molar-refractivity contribution >= 4 is 26.7 Å². The number of hydrogen-bond donors (Lipinski definition) is 2. The van der Waals surface area contributed by atoms with E-state index in [2.05, 4.69) is 10.0 Å². The number of nitrogens with one attached hydrogen (secondary N) is 2. The van der Waals surface area contributed by atoms with Gasteiger partial charge in [-0.05, 0) is 29.3 Å². The molecule has 6 heteroatoms. The number of rotatable bonds is 6. The molecule has 2 rings (SSSR count). The molecule has 0 aliphatic rings. The van der Waals surface area contributed by atoms with E-state index in [1.54, 1.807) is 18.2 Å². The van der Waals surface area contributed by atoms with Crippen molar-refractivity contribution in [1.29, 1.82) is 0 Å². The Morgan fingerprint density at radius 3 is 2.48 bits per heavy atom. The molecule has 1 amide bonds. The van der Waals surface area contributed by atoms with Gasteiger partial charge in [0.15, 0.2) is 0 Å². The third-order valence-electron chi connectivity index (χ3n) is 3.05. The molecule has 0 heterocycles. The molecule has 0 radical (unpaired) electrons. The maximum atomic E-state index is 12.2. The molecule has 2 N–H and O–H groups in total. The summed E-state index contributed by atoms with van der Waals surface area (Å²) in [7, 11) is -3.52. The van der Waals surface area contributed by atoms with E-state index in [1.165, 1.54) is 6.92 Å². The number of hydrogen-bond acceptors (Lipinski definition) is 3. The maximum Gasteiger partial charge on any atom is 0.240 e. The van der Waals surface area contributed by atoms with E-state index in [0.29, 0.717) is 13.0 Å². The zero-order valence-corrected chi connectivity index (χ0v) is 12.6. The molecular weight excluding hydrogens is 288 g/mol. The van der Waals surface area contributed by atoms with E-state index < -0.39 is 10.0 Å². The van der Waals surface area contributed by atoms with Crippen molar-refractivity contribution in [2.24, 2.45) is 0 Å². The molecule has 0 spiro atoms. The predicted molar refractivity (Wildman–Crippen MR) is 82.4 cm³/mol. The number of carbonyl (C=O) groups is 1. The van der Waals surface area contributed by atoms with E-state index in [-0.39, 0.29) is 17.3 Å². The number of amides is 1. The van der Waals surface area contributed by atoms with Crippen LogP contribution < -0.4 is 10.0 Å². The minimum Gasteiger partial charge on any atom is -0.356 e. The minimum atomic E-state index is -3.52. The molecule has 5 nitrogen and oxygen atoms in total. The van der Waals surface area contributed by atoms with Gasteiger partial charge in [0.25, 0.3) is 0 Å². The topological polar surface area (TPSA) is 75.3 Å². The molecule has 112 valence electrons. The van der Waals surface area contributed by atoms with Crippen LogP contribution in [0.4, 0.5) is 0 Å². The molecule has 0 fully saturated rings. The standard InChI is InChI=1S/C15H18N2O3S/c1-12(18)16-9-4-10-17-21(19,20)15-8-7-13-5-2-3-6-14(13)11-15/h2-3,5-8,11,17H,4,9-10H2,1H3,(H,16,18). The molecule has 21 heavy (non-hydrogen) atoms. The van der Waals surface area contributed by atoms with Crippen molar-refractivity contribution in [2.75, 3.05) is 13.1 Å². The lowest BCUT2D eigenvalue weighted by molar-refractivity contribution is -0.118. The normalized spacial score (nSPS) is 11.5. The average molecular weight is 306 g/mol. The van der Waals surface area contributed by atoms with Crippen LogP contribution >= 0.6 is 0 Å². The summed E-state index contributed by atoms with van der Waals surface area (Å²) < 4.78 is 26.9. The highest BCUT2D eigenvalue weighted by molar-refractivity contribution is 7.89. The highest BCUT2D eigenvalue weighted by atomic mass is 32.2. The lowest BCUT2D eigenvalue weighted by Gasteiger charge is -2.08. The largest absolute Gasteiger partial charge is 0.356 e. The smallest absolute Gasteiger partial charge is 0.240 e. The summed E-state index contributed by atoms with van der Waals surface area (Å²) in [6, 6.07) is 12.7. The van der Waals surface area contributed by atoms with Gasteiger partial charge >= 0.3 is 0 Å². The Bertz CT molecular complexity index is 741. The predicted octanol–water partition coefficient (Wildman–Crippen LogP) is 1.64. The van der Waals surface area contributed by atoms with Gasteiger partial charge in [0.1, 0.15) is 0 Å². The summed E-state index contributed by atoms with van der Waals surface area (Å²) in [4.78, 5) is 11.0. The second-order valence-electron chi connectivity index (χ2n) is 4.74. The zero-order valence-electron chi connectivity index (χ0n) is 11.8. The van der Waals surface area contributed by atoms with E-state index in [0.717, 1.165) is 10.8 Å². The summed E-state index contributed by atoms with van der Waals surface area (Å²) in [5, 5.41) is 4.51. The first kappa shape index (κ1) is 15.5. The van der Waals surface area contributed by atoms with Crippen LogP contribution in [0.5, 0.6) is 0 Å². The molecule has 0 aromatic heterocycles. The summed E-state index contributed by atoms with van der Waals surface area (Å²) in [5.74, 6) is -0.118. The van der Waals surface area contributed by atoms with E-state index >= 15 is 0 Å². The molecule has 0 unspecified atom stereocenters. The number of fused-ring (bicyclic) bond motifs is 1. The molecule has 2 aromatic rings. The Morgan fingerprint density at radius 2 is 1.76 bits per heavy atom. The van der Waals surface area contributed by atoms with Crippen molar-refractivity contribution in [1.82, 2.24) is 10.0 Å². The van der Waals surface area contributed by atoms with Crippen LogP contribution in [0.2, 0.25) is 0 Å². The van der Waals surface area contributed by atoms with E-state index in [1.807, 2.05) is 24.3 Å². The zero-order chi connectivity index (χ0) is 15.3. The Balaban J connectivity index is 2.02. The molecule has 0 saturated heterocycles. The van der Waals surface area contributed by atoms with Crippen molar-refractivity contribution in [3.05, 3.63) is 42.5 Å². The fraction of sp³-hybridized carbons (Fsp3) is 0.267. The minimum absolute atomic E-state index is 0.118. The summed E-state index contributed by atoms with van der Waals surface area (Å²) in [6.45, 7) is 2.17. The third-order valence-corrected chi connectivity index (χ3v) is 4.51. The van der Waals surface area contributed by atoms with Gasteiger partial charge in [-0.25, -0.2) is 13.1 Å². The fourth-order valence-electron chi connectivity index (χ4n) is 1.98. The van der Waals surface area contributed by atoms with Gasteiger partial charge in [0.2, 0.25) is 15.9 Å². The Morgan fingerprint density at radius 1 is 1.05 bits per heavy atom. The molecule has 0 atom stereocenters. The molecule has 0 saturated carbocycles. The van der Waals surface area contributed by atoms with Crippen LogP contribution in [0.15, 0.2) is 47.4 Å². The SMILES string of the molecule is CC(=O)NCCCNS(=O)(=O)c1ccc2ccccc2c1. The lowest BCUT2D eigenvalue weighted by atomic mass is 10.1. The Labute approximate surface area is 124 Å². The van der Waals surface area contributed by atoms with Crippen molar-refractivity contribution < 1.29 is 13.2 Å². The number of benzene rings is 2. The quantitative estimate of drug-likeness (QED) is 0.797. The molecular formula is C15H18N2O3S. The second kappa shape index (κ2) is 6.69. The summed E-state index contributed by atoms with van der Waals surface area (Å²) >= 11 is 0. The van der Waals surface area contributed by atoms with Gasteiger partial charge in [-0.1, -0.05) is 30.3 Å². The molecule has 0 bridgehead atoms. The van der Waals surface area contributed by atoms with Gasteiger partial charge in [0, 0.05) is 20.0 Å². The number of sulfonamides is 1. The average Bonchev–Trinajstić information content (AvgIpc) is 2.46. The van der Waals surface area contributed by atoms with E-state index in [4.69, 9.17) is 0 Å². The fourth-order valence-corrected chi connectivity index (χ4v) is 3.09. The third kappa shape index (κ3) is 4.27. The van der Waals surface area contributed by atoms with Crippen molar-refractivity contribution in [3.8, 4) is 0 Å². The first-order valence-corrected chi connectivity index (χ1v) is 8.20. The van der Waals surface area contributed by atoms with Crippen LogP contribution in [-0.2, 0) is 14.8 Å². The summed E-state index contributed by atoms with van der Waals surface area (Å²) in [6.07, 6.45) is 0.548. The van der Waals surface area contributed by atoms with Crippen molar-refractivity contribution in [3.63, 3.8) is 0 Å². The lowest BCUT2D eigenvalue weighted by Crippen LogP contribution is -2.28. The van der Waals surface area contributed by atoms with Gasteiger partial charge in [-0.3, -0.25) is 4.79 Å².